The van der Waals surface area contributed by atoms with Crippen LogP contribution in [0.5, 0.6) is 0 Å². The van der Waals surface area contributed by atoms with Gasteiger partial charge in [-0.1, -0.05) is 17.7 Å². The van der Waals surface area contributed by atoms with Crippen LogP contribution in [0.2, 0.25) is 5.02 Å². The summed E-state index contributed by atoms with van der Waals surface area (Å²) < 4.78 is 25.4. The van der Waals surface area contributed by atoms with Crippen molar-refractivity contribution in [3.63, 3.8) is 0 Å². The first kappa shape index (κ1) is 18.2. The second-order valence-corrected chi connectivity index (χ2v) is 6.26. The molecule has 3 aromatic rings. The Morgan fingerprint density at radius 1 is 1.46 bits per heavy atom. The van der Waals surface area contributed by atoms with Crippen molar-refractivity contribution in [1.29, 1.82) is 0 Å². The zero-order chi connectivity index (χ0) is 18.8. The van der Waals surface area contributed by atoms with E-state index < -0.39 is 16.3 Å². The van der Waals surface area contributed by atoms with E-state index in [1.807, 2.05) is 0 Å². The standard InChI is InChI=1S/C14H12ClN5O5S/c1-18(8-25-26(23)24)12-6-9(2-3-10(12)15)11-4-5-16-14-13(20(21)22)7-17-19(11)14/h2-7H,8H2,1H3,(H,23,24). The highest BCUT2D eigenvalue weighted by Crippen LogP contribution is 2.32. The lowest BCUT2D eigenvalue weighted by atomic mass is 10.1. The van der Waals surface area contributed by atoms with E-state index in [1.165, 1.54) is 10.7 Å². The molecule has 0 spiro atoms. The van der Waals surface area contributed by atoms with Crippen LogP contribution in [-0.4, -0.2) is 42.1 Å². The summed E-state index contributed by atoms with van der Waals surface area (Å²) in [4.78, 5) is 16.1. The van der Waals surface area contributed by atoms with E-state index >= 15 is 0 Å². The molecule has 0 aliphatic rings. The van der Waals surface area contributed by atoms with Crippen LogP contribution in [0.3, 0.4) is 0 Å². The number of nitrogens with zero attached hydrogens (tertiary/aromatic N) is 5. The van der Waals surface area contributed by atoms with E-state index in [1.54, 1.807) is 36.2 Å². The minimum absolute atomic E-state index is 0.122. The highest BCUT2D eigenvalue weighted by atomic mass is 35.5. The Morgan fingerprint density at radius 3 is 2.92 bits per heavy atom. The van der Waals surface area contributed by atoms with Crippen LogP contribution in [0.15, 0.2) is 36.7 Å². The minimum atomic E-state index is -2.40. The Labute approximate surface area is 154 Å². The Hall–Kier alpha value is -2.60. The lowest BCUT2D eigenvalue weighted by Gasteiger charge is -2.20. The first-order valence-corrected chi connectivity index (χ1v) is 8.52. The second-order valence-electron chi connectivity index (χ2n) is 5.18. The fourth-order valence-electron chi connectivity index (χ4n) is 2.39. The number of fused-ring (bicyclic) bond motifs is 1. The van der Waals surface area contributed by atoms with Gasteiger partial charge in [0.2, 0.25) is 5.65 Å². The molecule has 2 heterocycles. The van der Waals surface area contributed by atoms with E-state index in [-0.39, 0.29) is 18.1 Å². The van der Waals surface area contributed by atoms with Crippen LogP contribution in [0, 0.1) is 10.1 Å². The van der Waals surface area contributed by atoms with Crippen LogP contribution < -0.4 is 4.90 Å². The summed E-state index contributed by atoms with van der Waals surface area (Å²) in [5, 5.41) is 15.5. The summed E-state index contributed by atoms with van der Waals surface area (Å²) in [6.07, 6.45) is 2.59. The molecule has 1 aromatic carbocycles. The summed E-state index contributed by atoms with van der Waals surface area (Å²) in [5.74, 6) is 0. The van der Waals surface area contributed by atoms with E-state index in [0.717, 1.165) is 6.20 Å². The third kappa shape index (κ3) is 3.51. The quantitative estimate of drug-likeness (QED) is 0.291. The maximum atomic E-state index is 11.1. The molecule has 0 fully saturated rings. The second kappa shape index (κ2) is 7.33. The molecule has 26 heavy (non-hydrogen) atoms. The van der Waals surface area contributed by atoms with Gasteiger partial charge in [0.25, 0.3) is 0 Å². The van der Waals surface area contributed by atoms with Gasteiger partial charge in [-0.2, -0.15) is 9.31 Å². The monoisotopic (exact) mass is 397 g/mol. The normalized spacial score (nSPS) is 12.3. The molecule has 136 valence electrons. The van der Waals surface area contributed by atoms with Gasteiger partial charge in [-0.25, -0.2) is 13.7 Å². The molecular formula is C14H12ClN5O5S. The predicted octanol–water partition coefficient (Wildman–Crippen LogP) is 2.50. The van der Waals surface area contributed by atoms with Gasteiger partial charge in [0.1, 0.15) is 12.9 Å². The molecule has 0 aliphatic carbocycles. The van der Waals surface area contributed by atoms with Crippen molar-refractivity contribution >= 4 is 40.0 Å². The zero-order valence-electron chi connectivity index (χ0n) is 13.3. The van der Waals surface area contributed by atoms with Crippen molar-refractivity contribution in [1.82, 2.24) is 14.6 Å². The molecule has 1 N–H and O–H groups in total. The topological polar surface area (TPSA) is 123 Å². The number of hydrogen-bond acceptors (Lipinski definition) is 7. The third-order valence-corrected chi connectivity index (χ3v) is 4.21. The Bertz CT molecular complexity index is 1010. The lowest BCUT2D eigenvalue weighted by Crippen LogP contribution is -2.21. The van der Waals surface area contributed by atoms with Crippen molar-refractivity contribution in [3.05, 3.63) is 51.8 Å². The molecule has 0 saturated heterocycles. The van der Waals surface area contributed by atoms with Crippen LogP contribution in [-0.2, 0) is 15.5 Å². The Kier molecular flexibility index (Phi) is 5.13. The van der Waals surface area contributed by atoms with Gasteiger partial charge in [-0.3, -0.25) is 14.7 Å². The molecular weight excluding hydrogens is 386 g/mol. The fraction of sp³-hybridized carbons (Fsp3) is 0.143. The van der Waals surface area contributed by atoms with E-state index in [9.17, 15) is 14.3 Å². The number of anilines is 1. The number of benzene rings is 1. The van der Waals surface area contributed by atoms with Gasteiger partial charge in [0.05, 0.1) is 21.3 Å². The van der Waals surface area contributed by atoms with Crippen LogP contribution in [0.1, 0.15) is 0 Å². The van der Waals surface area contributed by atoms with E-state index in [0.29, 0.717) is 22.0 Å². The summed E-state index contributed by atoms with van der Waals surface area (Å²) in [6, 6.07) is 6.75. The number of hydrogen-bond donors (Lipinski definition) is 1. The Balaban J connectivity index is 2.05. The summed E-state index contributed by atoms with van der Waals surface area (Å²) >= 11 is 3.80. The van der Waals surface area contributed by atoms with E-state index in [4.69, 9.17) is 16.2 Å². The summed E-state index contributed by atoms with van der Waals surface area (Å²) in [7, 11) is 1.64. The van der Waals surface area contributed by atoms with E-state index in [2.05, 4.69) is 14.3 Å². The highest BCUT2D eigenvalue weighted by molar-refractivity contribution is 7.74. The largest absolute Gasteiger partial charge is 0.349 e. The molecule has 12 heteroatoms. The highest BCUT2D eigenvalue weighted by Gasteiger charge is 2.19. The average molecular weight is 398 g/mol. The summed E-state index contributed by atoms with van der Waals surface area (Å²) in [5.41, 5.74) is 1.71. The Morgan fingerprint density at radius 2 is 2.23 bits per heavy atom. The van der Waals surface area contributed by atoms with Gasteiger partial charge >= 0.3 is 17.0 Å². The van der Waals surface area contributed by atoms with Crippen molar-refractivity contribution in [2.75, 3.05) is 18.7 Å². The van der Waals surface area contributed by atoms with Gasteiger partial charge < -0.3 is 4.90 Å². The average Bonchev–Trinajstić information content (AvgIpc) is 3.04. The molecule has 0 bridgehead atoms. The van der Waals surface area contributed by atoms with Gasteiger partial charge in [-0.05, 0) is 18.2 Å². The van der Waals surface area contributed by atoms with Crippen LogP contribution >= 0.6 is 11.6 Å². The molecule has 0 amide bonds. The molecule has 2 aromatic heterocycles. The molecule has 3 rings (SSSR count). The predicted molar refractivity (Wildman–Crippen MR) is 95.2 cm³/mol. The molecule has 0 radical (unpaired) electrons. The van der Waals surface area contributed by atoms with Gasteiger partial charge in [0.15, 0.2) is 0 Å². The molecule has 0 saturated carbocycles. The molecule has 1 atom stereocenters. The first-order valence-electron chi connectivity index (χ1n) is 7.11. The SMILES string of the molecule is CN(COS(=O)O)c1cc(-c2ccnc3c([N+](=O)[O-])cnn23)ccc1Cl. The first-order chi connectivity index (χ1) is 12.4. The maximum absolute atomic E-state index is 11.1. The molecule has 0 aliphatic heterocycles. The van der Waals surface area contributed by atoms with Crippen LogP contribution in [0.4, 0.5) is 11.4 Å². The number of rotatable bonds is 6. The maximum Gasteiger partial charge on any atom is 0.333 e. The fourth-order valence-corrected chi connectivity index (χ4v) is 2.90. The molecule has 1 unspecified atom stereocenters. The van der Waals surface area contributed by atoms with Crippen molar-refractivity contribution in [2.45, 2.75) is 0 Å². The van der Waals surface area contributed by atoms with Crippen molar-refractivity contribution in [3.8, 4) is 11.3 Å². The van der Waals surface area contributed by atoms with Gasteiger partial charge in [-0.15, -0.1) is 0 Å². The van der Waals surface area contributed by atoms with Crippen LogP contribution in [0.25, 0.3) is 16.9 Å². The van der Waals surface area contributed by atoms with Crippen molar-refractivity contribution < 1.29 is 17.9 Å². The lowest BCUT2D eigenvalue weighted by molar-refractivity contribution is -0.383. The zero-order valence-corrected chi connectivity index (χ0v) is 14.8. The number of halogens is 1. The smallest absolute Gasteiger partial charge is 0.333 e. The number of aromatic nitrogens is 3. The third-order valence-electron chi connectivity index (χ3n) is 3.58. The minimum Gasteiger partial charge on any atom is -0.349 e. The number of nitro groups is 1. The summed E-state index contributed by atoms with van der Waals surface area (Å²) in [6.45, 7) is -0.161. The molecule has 10 nitrogen and oxygen atoms in total. The van der Waals surface area contributed by atoms with Crippen molar-refractivity contribution in [2.24, 2.45) is 0 Å². The van der Waals surface area contributed by atoms with Gasteiger partial charge in [0, 0.05) is 18.8 Å².